The van der Waals surface area contributed by atoms with Crippen LogP contribution in [0.15, 0.2) is 9.59 Å². The van der Waals surface area contributed by atoms with Crippen molar-refractivity contribution < 1.29 is 0 Å². The Balaban J connectivity index is 1.91. The number of nitrogens with one attached hydrogen (secondary N) is 2. The highest BCUT2D eigenvalue weighted by Gasteiger charge is 2.26. The number of nitrogens with zero attached hydrogens (tertiary/aromatic N) is 7. The van der Waals surface area contributed by atoms with Crippen molar-refractivity contribution in [2.45, 2.75) is 6.42 Å². The number of hydrogen-bond acceptors (Lipinski definition) is 10. The van der Waals surface area contributed by atoms with Crippen LogP contribution in [0.1, 0.15) is 16.7 Å². The number of piperazine rings is 1. The normalized spacial score (nSPS) is 13.5. The number of aromatic amines is 2. The molecule has 0 spiro atoms. The maximum absolute atomic E-state index is 11.9. The van der Waals surface area contributed by atoms with E-state index in [2.05, 4.69) is 20.2 Å². The van der Waals surface area contributed by atoms with Crippen LogP contribution in [-0.4, -0.2) is 46.3 Å². The summed E-state index contributed by atoms with van der Waals surface area (Å²) in [4.78, 5) is 32.8. The zero-order chi connectivity index (χ0) is 20.3. The molecule has 0 aliphatic carbocycles. The van der Waals surface area contributed by atoms with E-state index in [4.69, 9.17) is 11.0 Å². The number of aromatic nitrogens is 4. The summed E-state index contributed by atoms with van der Waals surface area (Å²) in [6, 6.07) is 5.87. The van der Waals surface area contributed by atoms with Gasteiger partial charge in [-0.15, -0.1) is 5.10 Å². The molecule has 3 rings (SSSR count). The maximum atomic E-state index is 11.9. The summed E-state index contributed by atoms with van der Waals surface area (Å²) >= 11 is 0. The Morgan fingerprint density at radius 1 is 1.00 bits per heavy atom. The van der Waals surface area contributed by atoms with Crippen LogP contribution < -0.4 is 26.8 Å². The zero-order valence-electron chi connectivity index (χ0n) is 14.6. The molecule has 12 nitrogen and oxygen atoms in total. The third-order valence-corrected chi connectivity index (χ3v) is 4.36. The molecular weight excluding hydrogens is 364 g/mol. The monoisotopic (exact) mass is 378 g/mol. The Morgan fingerprint density at radius 3 is 2.14 bits per heavy atom. The minimum Gasteiger partial charge on any atom is -0.383 e. The van der Waals surface area contributed by atoms with Gasteiger partial charge in [0.2, 0.25) is 5.82 Å². The highest BCUT2D eigenvalue weighted by atomic mass is 16.2. The smallest absolute Gasteiger partial charge is 0.342 e. The van der Waals surface area contributed by atoms with Gasteiger partial charge in [0.25, 0.3) is 5.56 Å². The Hall–Kier alpha value is -4.37. The molecule has 1 saturated heterocycles. The molecule has 0 radical (unpaired) electrons. The van der Waals surface area contributed by atoms with Crippen LogP contribution in [0, 0.1) is 34.0 Å². The van der Waals surface area contributed by atoms with Gasteiger partial charge < -0.3 is 15.5 Å². The maximum Gasteiger partial charge on any atom is 0.342 e. The van der Waals surface area contributed by atoms with Crippen molar-refractivity contribution in [2.24, 2.45) is 0 Å². The van der Waals surface area contributed by atoms with E-state index in [0.717, 1.165) is 0 Å². The average Bonchev–Trinajstić information content (AvgIpc) is 2.68. The molecule has 2 aromatic rings. The Labute approximate surface area is 158 Å². The van der Waals surface area contributed by atoms with Crippen molar-refractivity contribution in [3.63, 3.8) is 0 Å². The minimum atomic E-state index is -0.687. The first kappa shape index (κ1) is 18.4. The second-order valence-electron chi connectivity index (χ2n) is 5.91. The first-order chi connectivity index (χ1) is 13.5. The zero-order valence-corrected chi connectivity index (χ0v) is 14.6. The first-order valence-electron chi connectivity index (χ1n) is 8.18. The SMILES string of the molecule is N#CCc1c(C#N)c(N)nc(N2CCN(c3n[nH]c(=O)[nH]c3=O)CC2)c1C#N. The van der Waals surface area contributed by atoms with Crippen LogP contribution in [0.3, 0.4) is 0 Å². The summed E-state index contributed by atoms with van der Waals surface area (Å²) in [7, 11) is 0. The number of nitrogens with two attached hydrogens (primary N) is 1. The van der Waals surface area contributed by atoms with E-state index >= 15 is 0 Å². The molecule has 1 fully saturated rings. The number of nitriles is 3. The lowest BCUT2D eigenvalue weighted by Gasteiger charge is -2.36. The summed E-state index contributed by atoms with van der Waals surface area (Å²) < 4.78 is 0. The molecule has 1 aliphatic rings. The van der Waals surface area contributed by atoms with Gasteiger partial charge in [-0.1, -0.05) is 0 Å². The molecule has 28 heavy (non-hydrogen) atoms. The minimum absolute atomic E-state index is 0.0319. The predicted octanol–water partition coefficient (Wildman–Crippen LogP) is -1.43. The van der Waals surface area contributed by atoms with E-state index in [9.17, 15) is 20.1 Å². The lowest BCUT2D eigenvalue weighted by atomic mass is 10.0. The fraction of sp³-hybridized carbons (Fsp3) is 0.312. The van der Waals surface area contributed by atoms with Crippen molar-refractivity contribution in [3.8, 4) is 18.2 Å². The molecule has 0 saturated carbocycles. The lowest BCUT2D eigenvalue weighted by molar-refractivity contribution is 0.631. The van der Waals surface area contributed by atoms with Gasteiger partial charge in [0, 0.05) is 31.7 Å². The third-order valence-electron chi connectivity index (χ3n) is 4.36. The number of rotatable bonds is 3. The van der Waals surface area contributed by atoms with Crippen LogP contribution in [0.4, 0.5) is 17.5 Å². The molecule has 0 aromatic carbocycles. The van der Waals surface area contributed by atoms with Gasteiger partial charge in [0.15, 0.2) is 0 Å². The van der Waals surface area contributed by atoms with Crippen molar-refractivity contribution in [1.29, 1.82) is 15.8 Å². The lowest BCUT2D eigenvalue weighted by Crippen LogP contribution is -2.49. The average molecular weight is 378 g/mol. The molecule has 0 atom stereocenters. The van der Waals surface area contributed by atoms with Crippen LogP contribution in [0.5, 0.6) is 0 Å². The molecule has 4 N–H and O–H groups in total. The molecule has 0 unspecified atom stereocenters. The molecular formula is C16H14N10O2. The molecule has 1 aliphatic heterocycles. The number of H-pyrrole nitrogens is 2. The predicted molar refractivity (Wildman–Crippen MR) is 97.3 cm³/mol. The second kappa shape index (κ2) is 7.48. The van der Waals surface area contributed by atoms with E-state index in [1.165, 1.54) is 0 Å². The van der Waals surface area contributed by atoms with Gasteiger partial charge in [0.1, 0.15) is 29.3 Å². The van der Waals surface area contributed by atoms with Crippen LogP contribution in [-0.2, 0) is 6.42 Å². The topological polar surface area (TPSA) is 195 Å². The summed E-state index contributed by atoms with van der Waals surface area (Å²) in [5.41, 5.74) is 5.02. The quantitative estimate of drug-likeness (QED) is 0.569. The van der Waals surface area contributed by atoms with Crippen LogP contribution >= 0.6 is 0 Å². The van der Waals surface area contributed by atoms with Gasteiger partial charge >= 0.3 is 5.69 Å². The Kier molecular flexibility index (Phi) is 4.92. The van der Waals surface area contributed by atoms with Crippen molar-refractivity contribution in [1.82, 2.24) is 20.2 Å². The van der Waals surface area contributed by atoms with Gasteiger partial charge in [-0.25, -0.2) is 14.9 Å². The number of nitrogen functional groups attached to an aromatic ring is 1. The fourth-order valence-corrected chi connectivity index (χ4v) is 3.05. The Bertz CT molecular complexity index is 1150. The highest BCUT2D eigenvalue weighted by molar-refractivity contribution is 5.69. The Morgan fingerprint density at radius 2 is 1.61 bits per heavy atom. The largest absolute Gasteiger partial charge is 0.383 e. The van der Waals surface area contributed by atoms with E-state index < -0.39 is 11.2 Å². The van der Waals surface area contributed by atoms with Crippen molar-refractivity contribution in [2.75, 3.05) is 41.7 Å². The van der Waals surface area contributed by atoms with Gasteiger partial charge in [-0.05, 0) is 0 Å². The van der Waals surface area contributed by atoms with E-state index in [1.807, 2.05) is 18.2 Å². The van der Waals surface area contributed by atoms with Gasteiger partial charge in [-0.3, -0.25) is 9.78 Å². The van der Waals surface area contributed by atoms with Gasteiger partial charge in [0.05, 0.1) is 18.1 Å². The summed E-state index contributed by atoms with van der Waals surface area (Å²) in [5.74, 6) is 0.354. The molecule has 2 aromatic heterocycles. The number of pyridine rings is 1. The van der Waals surface area contributed by atoms with Gasteiger partial charge in [-0.2, -0.15) is 15.8 Å². The highest BCUT2D eigenvalue weighted by Crippen LogP contribution is 2.28. The summed E-state index contributed by atoms with van der Waals surface area (Å²) in [6.45, 7) is 1.53. The van der Waals surface area contributed by atoms with Crippen LogP contribution in [0.25, 0.3) is 0 Å². The van der Waals surface area contributed by atoms with E-state index in [0.29, 0.717) is 32.0 Å². The van der Waals surface area contributed by atoms with E-state index in [-0.39, 0.29) is 34.7 Å². The fourth-order valence-electron chi connectivity index (χ4n) is 3.05. The molecule has 3 heterocycles. The van der Waals surface area contributed by atoms with Crippen molar-refractivity contribution >= 4 is 17.5 Å². The molecule has 0 amide bonds. The van der Waals surface area contributed by atoms with Crippen LogP contribution in [0.2, 0.25) is 0 Å². The number of anilines is 3. The number of hydrogen-bond donors (Lipinski definition) is 3. The summed E-state index contributed by atoms with van der Waals surface area (Å²) in [6.07, 6.45) is -0.137. The molecule has 140 valence electrons. The van der Waals surface area contributed by atoms with Crippen molar-refractivity contribution in [3.05, 3.63) is 37.5 Å². The van der Waals surface area contributed by atoms with E-state index in [1.54, 1.807) is 9.80 Å². The first-order valence-corrected chi connectivity index (χ1v) is 8.18. The molecule has 12 heteroatoms. The summed E-state index contributed by atoms with van der Waals surface area (Å²) in [5, 5.41) is 33.9. The second-order valence-corrected chi connectivity index (χ2v) is 5.91. The third kappa shape index (κ3) is 3.20. The molecule has 0 bridgehead atoms. The standard InChI is InChI=1S/C16H14N10O2/c17-2-1-9-10(7-18)12(20)21-13(11(9)8-19)25-3-5-26(6-4-25)14-15(27)22-16(28)24-23-14/h1,3-6H2,(H2,20,21)(H2,22,24,27,28).